The van der Waals surface area contributed by atoms with Crippen LogP contribution in [0.2, 0.25) is 0 Å². The van der Waals surface area contributed by atoms with Gasteiger partial charge in [0.15, 0.2) is 0 Å². The van der Waals surface area contributed by atoms with Gasteiger partial charge in [0, 0.05) is 31.7 Å². The highest BCUT2D eigenvalue weighted by atomic mass is 16.5. The van der Waals surface area contributed by atoms with Crippen LogP contribution in [0.3, 0.4) is 0 Å². The number of nitrogens with one attached hydrogen (secondary N) is 1. The third kappa shape index (κ3) is 3.33. The second kappa shape index (κ2) is 6.15. The van der Waals surface area contributed by atoms with Gasteiger partial charge in [-0.05, 0) is 45.2 Å². The van der Waals surface area contributed by atoms with Crippen LogP contribution in [0.25, 0.3) is 0 Å². The molecule has 1 aromatic rings. The molecule has 3 heteroatoms. The Morgan fingerprint density at radius 3 is 2.45 bits per heavy atom. The average Bonchev–Trinajstić information content (AvgIpc) is 2.39. The average molecular weight is 276 g/mol. The molecule has 0 unspecified atom stereocenters. The van der Waals surface area contributed by atoms with Gasteiger partial charge in [-0.2, -0.15) is 0 Å². The normalized spacial score (nSPS) is 17.2. The second-order valence-corrected chi connectivity index (χ2v) is 6.50. The molecule has 20 heavy (non-hydrogen) atoms. The lowest BCUT2D eigenvalue weighted by atomic mass is 9.90. The molecule has 2 rings (SSSR count). The van der Waals surface area contributed by atoms with Crippen LogP contribution in [-0.2, 0) is 6.42 Å². The smallest absolute Gasteiger partial charge is 0.125 e. The number of hydrogen-bond acceptors (Lipinski definition) is 3. The Kier molecular flexibility index (Phi) is 4.71. The summed E-state index contributed by atoms with van der Waals surface area (Å²) in [5.41, 5.74) is 4.04. The lowest BCUT2D eigenvalue weighted by Crippen LogP contribution is -2.54. The Labute approximate surface area is 123 Å². The summed E-state index contributed by atoms with van der Waals surface area (Å²) in [6.45, 7) is 13.4. The van der Waals surface area contributed by atoms with Crippen LogP contribution in [-0.4, -0.2) is 43.7 Å². The Morgan fingerprint density at radius 1 is 1.20 bits per heavy atom. The zero-order valence-corrected chi connectivity index (χ0v) is 13.5. The molecular weight excluding hydrogens is 248 g/mol. The van der Waals surface area contributed by atoms with E-state index in [1.807, 2.05) is 0 Å². The van der Waals surface area contributed by atoms with E-state index in [1.54, 1.807) is 7.11 Å². The first-order valence-electron chi connectivity index (χ1n) is 7.54. The summed E-state index contributed by atoms with van der Waals surface area (Å²) in [5.74, 6) is 1.05. The van der Waals surface area contributed by atoms with Gasteiger partial charge in [0.2, 0.25) is 0 Å². The maximum atomic E-state index is 5.63. The summed E-state index contributed by atoms with van der Waals surface area (Å²) < 4.78 is 5.63. The van der Waals surface area contributed by atoms with Gasteiger partial charge in [0.05, 0.1) is 7.11 Å². The highest BCUT2D eigenvalue weighted by Crippen LogP contribution is 2.30. The molecular formula is C17H28N2O. The predicted octanol–water partition coefficient (Wildman–Crippen LogP) is 2.54. The number of hydrogen-bond donors (Lipinski definition) is 1. The minimum Gasteiger partial charge on any atom is -0.496 e. The largest absolute Gasteiger partial charge is 0.496 e. The summed E-state index contributed by atoms with van der Waals surface area (Å²) in [7, 11) is 1.78. The molecule has 1 saturated heterocycles. The molecule has 0 aliphatic carbocycles. The lowest BCUT2D eigenvalue weighted by Gasteiger charge is -2.41. The molecule has 1 heterocycles. The topological polar surface area (TPSA) is 24.5 Å². The lowest BCUT2D eigenvalue weighted by molar-refractivity contribution is 0.103. The van der Waals surface area contributed by atoms with Crippen LogP contribution in [0.1, 0.15) is 30.5 Å². The van der Waals surface area contributed by atoms with Crippen molar-refractivity contribution in [2.45, 2.75) is 39.7 Å². The van der Waals surface area contributed by atoms with Gasteiger partial charge in [-0.1, -0.05) is 17.7 Å². The SMILES string of the molecule is COc1c(C)cc(C)cc1CC(C)(C)N1CCNCC1. The molecule has 1 aromatic carbocycles. The van der Waals surface area contributed by atoms with Gasteiger partial charge in [0.25, 0.3) is 0 Å². The fourth-order valence-electron chi connectivity index (χ4n) is 3.31. The van der Waals surface area contributed by atoms with Gasteiger partial charge in [-0.15, -0.1) is 0 Å². The zero-order chi connectivity index (χ0) is 14.8. The maximum Gasteiger partial charge on any atom is 0.125 e. The van der Waals surface area contributed by atoms with Crippen LogP contribution in [0.4, 0.5) is 0 Å². The van der Waals surface area contributed by atoms with Crippen LogP contribution in [0.15, 0.2) is 12.1 Å². The van der Waals surface area contributed by atoms with E-state index in [1.165, 1.54) is 16.7 Å². The quantitative estimate of drug-likeness (QED) is 0.914. The van der Waals surface area contributed by atoms with Crippen molar-refractivity contribution in [1.82, 2.24) is 10.2 Å². The zero-order valence-electron chi connectivity index (χ0n) is 13.5. The molecule has 0 aromatic heterocycles. The van der Waals surface area contributed by atoms with Gasteiger partial charge in [-0.25, -0.2) is 0 Å². The van der Waals surface area contributed by atoms with Crippen molar-refractivity contribution in [3.05, 3.63) is 28.8 Å². The molecule has 0 amide bonds. The molecule has 0 saturated carbocycles. The Morgan fingerprint density at radius 2 is 1.85 bits per heavy atom. The van der Waals surface area contributed by atoms with Gasteiger partial charge in [-0.3, -0.25) is 4.90 Å². The van der Waals surface area contributed by atoms with E-state index in [9.17, 15) is 0 Å². The number of methoxy groups -OCH3 is 1. The van der Waals surface area contributed by atoms with E-state index in [2.05, 4.69) is 50.0 Å². The first-order valence-corrected chi connectivity index (χ1v) is 7.54. The summed E-state index contributed by atoms with van der Waals surface area (Å²) in [4.78, 5) is 2.58. The molecule has 112 valence electrons. The predicted molar refractivity (Wildman–Crippen MR) is 84.7 cm³/mol. The van der Waals surface area contributed by atoms with E-state index in [0.29, 0.717) is 0 Å². The summed E-state index contributed by atoms with van der Waals surface area (Å²) >= 11 is 0. The van der Waals surface area contributed by atoms with E-state index < -0.39 is 0 Å². The first-order chi connectivity index (χ1) is 9.44. The van der Waals surface area contributed by atoms with E-state index in [0.717, 1.165) is 38.3 Å². The fraction of sp³-hybridized carbons (Fsp3) is 0.647. The van der Waals surface area contributed by atoms with Crippen molar-refractivity contribution in [3.63, 3.8) is 0 Å². The van der Waals surface area contributed by atoms with Gasteiger partial charge in [0.1, 0.15) is 5.75 Å². The first kappa shape index (κ1) is 15.3. The molecule has 1 aliphatic rings. The second-order valence-electron chi connectivity index (χ2n) is 6.50. The summed E-state index contributed by atoms with van der Waals surface area (Å²) in [6, 6.07) is 4.47. The van der Waals surface area contributed by atoms with E-state index in [-0.39, 0.29) is 5.54 Å². The molecule has 0 spiro atoms. The van der Waals surface area contributed by atoms with Crippen molar-refractivity contribution in [1.29, 1.82) is 0 Å². The Hall–Kier alpha value is -1.06. The monoisotopic (exact) mass is 276 g/mol. The Bertz CT molecular complexity index is 462. The van der Waals surface area contributed by atoms with Crippen molar-refractivity contribution in [2.75, 3.05) is 33.3 Å². The molecule has 0 bridgehead atoms. The van der Waals surface area contributed by atoms with E-state index >= 15 is 0 Å². The number of rotatable bonds is 4. The third-order valence-electron chi connectivity index (χ3n) is 4.30. The van der Waals surface area contributed by atoms with Gasteiger partial charge >= 0.3 is 0 Å². The number of piperazine rings is 1. The van der Waals surface area contributed by atoms with Crippen molar-refractivity contribution in [3.8, 4) is 5.75 Å². The molecule has 1 fully saturated rings. The molecule has 1 N–H and O–H groups in total. The summed E-state index contributed by atoms with van der Waals surface area (Å²) in [6.07, 6.45) is 1.03. The number of nitrogens with zero attached hydrogens (tertiary/aromatic N) is 1. The van der Waals surface area contributed by atoms with Crippen LogP contribution >= 0.6 is 0 Å². The number of aryl methyl sites for hydroxylation is 2. The number of ether oxygens (including phenoxy) is 1. The van der Waals surface area contributed by atoms with E-state index in [4.69, 9.17) is 4.74 Å². The van der Waals surface area contributed by atoms with Crippen LogP contribution in [0.5, 0.6) is 5.75 Å². The molecule has 0 radical (unpaired) electrons. The van der Waals surface area contributed by atoms with Crippen LogP contribution in [0, 0.1) is 13.8 Å². The fourth-order valence-corrected chi connectivity index (χ4v) is 3.31. The standard InChI is InChI=1S/C17H28N2O/c1-13-10-14(2)16(20-5)15(11-13)12-17(3,4)19-8-6-18-7-9-19/h10-11,18H,6-9,12H2,1-5H3. The summed E-state index contributed by atoms with van der Waals surface area (Å²) in [5, 5.41) is 3.43. The van der Waals surface area contributed by atoms with Crippen molar-refractivity contribution < 1.29 is 4.74 Å². The van der Waals surface area contributed by atoms with Crippen molar-refractivity contribution >= 4 is 0 Å². The number of benzene rings is 1. The highest BCUT2D eigenvalue weighted by molar-refractivity contribution is 5.44. The maximum absolute atomic E-state index is 5.63. The minimum absolute atomic E-state index is 0.162. The highest BCUT2D eigenvalue weighted by Gasteiger charge is 2.29. The van der Waals surface area contributed by atoms with Crippen molar-refractivity contribution in [2.24, 2.45) is 0 Å². The molecule has 3 nitrogen and oxygen atoms in total. The Balaban J connectivity index is 2.23. The molecule has 0 atom stereocenters. The minimum atomic E-state index is 0.162. The van der Waals surface area contributed by atoms with Gasteiger partial charge < -0.3 is 10.1 Å². The molecule has 1 aliphatic heterocycles. The third-order valence-corrected chi connectivity index (χ3v) is 4.30. The van der Waals surface area contributed by atoms with Crippen LogP contribution < -0.4 is 10.1 Å².